The number of nitrogens with one attached hydrogen (secondary N) is 2. The molecule has 0 aromatic heterocycles. The van der Waals surface area contributed by atoms with Crippen LogP contribution >= 0.6 is 0 Å². The summed E-state index contributed by atoms with van der Waals surface area (Å²) in [6.45, 7) is 13.2. The minimum atomic E-state index is -1.50. The molecule has 13 nitrogen and oxygen atoms in total. The molecule has 3 heterocycles. The number of rotatable bonds is 6. The molecule has 0 aliphatic carbocycles. The number of hydrogen-bond acceptors (Lipinski definition) is 11. The summed E-state index contributed by atoms with van der Waals surface area (Å²) in [4.78, 5) is 28.0. The van der Waals surface area contributed by atoms with Crippen molar-refractivity contribution in [3.05, 3.63) is 0 Å². The first-order valence-corrected chi connectivity index (χ1v) is 16.4. The Bertz CT molecular complexity index is 987. The van der Waals surface area contributed by atoms with Crippen LogP contribution in [-0.4, -0.2) is 133 Å². The number of nitrogens with zero attached hydrogens (tertiary/aromatic N) is 1. The van der Waals surface area contributed by atoms with Crippen LogP contribution in [-0.2, 0) is 33.3 Å². The lowest BCUT2D eigenvalue weighted by Gasteiger charge is -2.48. The molecule has 45 heavy (non-hydrogen) atoms. The zero-order chi connectivity index (χ0) is 33.9. The summed E-state index contributed by atoms with van der Waals surface area (Å²) >= 11 is 0. The van der Waals surface area contributed by atoms with Gasteiger partial charge in [-0.05, 0) is 53.5 Å². The Hall–Kier alpha value is -1.42. The molecular formula is C32H59N3O10. The van der Waals surface area contributed by atoms with E-state index in [2.05, 4.69) is 10.6 Å². The van der Waals surface area contributed by atoms with Gasteiger partial charge in [0.1, 0.15) is 12.2 Å². The molecule has 3 saturated heterocycles. The fourth-order valence-corrected chi connectivity index (χ4v) is 7.32. The molecule has 14 atom stereocenters. The molecular weight excluding hydrogens is 586 g/mol. The maximum Gasteiger partial charge on any atom is 0.225 e. The summed E-state index contributed by atoms with van der Waals surface area (Å²) in [5.74, 6) is -1.96. The maximum atomic E-state index is 13.6. The average molecular weight is 646 g/mol. The van der Waals surface area contributed by atoms with E-state index < -0.39 is 66.1 Å². The third kappa shape index (κ3) is 9.14. The SMILES string of the molecule is CN[C@H]1C[C@@H](C)O[C@@H](O[C@@H]2[C@@H](C)[C@H](O[C@H]3C[C@@](C)(OC)[C@@H](O)[C@H](C)O3)[C@@H](C)C(=O)NCCC(=O)N(C)C[C@H](C)C[C@@]2(C)O)[C@@H]1O. The van der Waals surface area contributed by atoms with Gasteiger partial charge in [-0.15, -0.1) is 0 Å². The lowest BCUT2D eigenvalue weighted by Crippen LogP contribution is -2.60. The Morgan fingerprint density at radius 2 is 1.71 bits per heavy atom. The van der Waals surface area contributed by atoms with Gasteiger partial charge in [0.15, 0.2) is 12.6 Å². The van der Waals surface area contributed by atoms with E-state index in [1.165, 1.54) is 7.11 Å². The minimum absolute atomic E-state index is 0.117. The van der Waals surface area contributed by atoms with Crippen LogP contribution in [0, 0.1) is 17.8 Å². The first-order valence-electron chi connectivity index (χ1n) is 16.4. The zero-order valence-corrected chi connectivity index (χ0v) is 28.8. The minimum Gasteiger partial charge on any atom is -0.387 e. The second-order valence-electron chi connectivity index (χ2n) is 14.2. The highest BCUT2D eigenvalue weighted by atomic mass is 16.7. The second kappa shape index (κ2) is 15.7. The number of carbonyl (C=O) groups excluding carboxylic acids is 2. The third-order valence-electron chi connectivity index (χ3n) is 10.0. The highest BCUT2D eigenvalue weighted by molar-refractivity contribution is 5.80. The smallest absolute Gasteiger partial charge is 0.225 e. The Labute approximate surface area is 268 Å². The van der Waals surface area contributed by atoms with E-state index >= 15 is 0 Å². The van der Waals surface area contributed by atoms with Gasteiger partial charge in [0.2, 0.25) is 11.8 Å². The molecule has 5 N–H and O–H groups in total. The fraction of sp³-hybridized carbons (Fsp3) is 0.938. The van der Waals surface area contributed by atoms with E-state index in [1.54, 1.807) is 46.7 Å². The van der Waals surface area contributed by atoms with Crippen LogP contribution in [0.4, 0.5) is 0 Å². The van der Waals surface area contributed by atoms with Crippen molar-refractivity contribution in [1.29, 1.82) is 0 Å². The standard InChI is InChI=1S/C32H59N3O10/c1-17-14-31(6,40)28(45-30-25(37)22(33-8)13-18(2)42-30)19(3)26(20(4)29(39)34-12-11-23(36)35(9)16-17)44-24-15-32(7,41-10)27(38)21(5)43-24/h17-22,24-28,30,33,37-38,40H,11-16H2,1-10H3,(H,34,39)/t17-,18-,19+,20-,21+,22+,24+,25-,26+,27+,28-,30+,31-,32-/m1/s1. The van der Waals surface area contributed by atoms with Crippen molar-refractivity contribution in [3.8, 4) is 0 Å². The molecule has 0 saturated carbocycles. The summed E-state index contributed by atoms with van der Waals surface area (Å²) in [5.41, 5.74) is -2.46. The lowest BCUT2D eigenvalue weighted by atomic mass is 9.77. The van der Waals surface area contributed by atoms with Crippen LogP contribution in [0.25, 0.3) is 0 Å². The molecule has 0 spiro atoms. The zero-order valence-electron chi connectivity index (χ0n) is 28.8. The first kappa shape index (κ1) is 38.0. The molecule has 0 radical (unpaired) electrons. The van der Waals surface area contributed by atoms with Crippen molar-refractivity contribution in [2.45, 2.75) is 141 Å². The van der Waals surface area contributed by atoms with Crippen molar-refractivity contribution in [3.63, 3.8) is 0 Å². The molecule has 0 aromatic carbocycles. The van der Waals surface area contributed by atoms with Crippen LogP contribution in [0.1, 0.15) is 74.1 Å². The Kier molecular flexibility index (Phi) is 13.2. The largest absolute Gasteiger partial charge is 0.387 e. The van der Waals surface area contributed by atoms with Gasteiger partial charge >= 0.3 is 0 Å². The Balaban J connectivity index is 2.05. The summed E-state index contributed by atoms with van der Waals surface area (Å²) in [5, 5.41) is 40.2. The van der Waals surface area contributed by atoms with E-state index in [-0.39, 0.29) is 55.7 Å². The van der Waals surface area contributed by atoms with Gasteiger partial charge < -0.3 is 54.5 Å². The number of aliphatic hydroxyl groups is 3. The predicted molar refractivity (Wildman–Crippen MR) is 166 cm³/mol. The van der Waals surface area contributed by atoms with Gasteiger partial charge in [-0.3, -0.25) is 9.59 Å². The van der Waals surface area contributed by atoms with Gasteiger partial charge in [0, 0.05) is 52.0 Å². The summed E-state index contributed by atoms with van der Waals surface area (Å²) in [7, 11) is 5.00. The number of methoxy groups -OCH3 is 1. The molecule has 0 aromatic rings. The molecule has 0 bridgehead atoms. The molecule has 3 rings (SSSR count). The number of hydrogen-bond donors (Lipinski definition) is 5. The van der Waals surface area contributed by atoms with Crippen molar-refractivity contribution in [2.24, 2.45) is 17.8 Å². The van der Waals surface area contributed by atoms with E-state index in [0.29, 0.717) is 13.0 Å². The number of carbonyl (C=O) groups is 2. The molecule has 3 aliphatic rings. The normalized spacial score (nSPS) is 46.4. The number of ether oxygens (including phenoxy) is 5. The predicted octanol–water partition coefficient (Wildman–Crippen LogP) is 0.769. The Morgan fingerprint density at radius 1 is 1.04 bits per heavy atom. The van der Waals surface area contributed by atoms with Gasteiger partial charge in [-0.25, -0.2) is 0 Å². The van der Waals surface area contributed by atoms with E-state index in [1.807, 2.05) is 20.8 Å². The van der Waals surface area contributed by atoms with Crippen molar-refractivity contribution >= 4 is 11.8 Å². The van der Waals surface area contributed by atoms with E-state index in [4.69, 9.17) is 23.7 Å². The molecule has 262 valence electrons. The van der Waals surface area contributed by atoms with Crippen LogP contribution in [0.3, 0.4) is 0 Å². The summed E-state index contributed by atoms with van der Waals surface area (Å²) < 4.78 is 31.0. The van der Waals surface area contributed by atoms with Crippen LogP contribution in [0.15, 0.2) is 0 Å². The first-order chi connectivity index (χ1) is 20.9. The monoisotopic (exact) mass is 645 g/mol. The van der Waals surface area contributed by atoms with Gasteiger partial charge in [0.25, 0.3) is 0 Å². The maximum absolute atomic E-state index is 13.6. The molecule has 3 fully saturated rings. The molecule has 3 aliphatic heterocycles. The number of amides is 2. The van der Waals surface area contributed by atoms with Gasteiger partial charge in [0.05, 0.1) is 41.5 Å². The van der Waals surface area contributed by atoms with Crippen molar-refractivity contribution in [2.75, 3.05) is 34.3 Å². The number of aliphatic hydroxyl groups excluding tert-OH is 2. The van der Waals surface area contributed by atoms with Crippen LogP contribution in [0.5, 0.6) is 0 Å². The highest BCUT2D eigenvalue weighted by Gasteiger charge is 2.51. The summed E-state index contributed by atoms with van der Waals surface area (Å²) in [6.07, 6.45) is -5.33. The van der Waals surface area contributed by atoms with Crippen LogP contribution < -0.4 is 10.6 Å². The molecule has 0 unspecified atom stereocenters. The van der Waals surface area contributed by atoms with Crippen LogP contribution in [0.2, 0.25) is 0 Å². The quantitative estimate of drug-likeness (QED) is 0.277. The highest BCUT2D eigenvalue weighted by Crippen LogP contribution is 2.39. The van der Waals surface area contributed by atoms with Gasteiger partial charge in [-0.1, -0.05) is 20.8 Å². The van der Waals surface area contributed by atoms with E-state index in [9.17, 15) is 24.9 Å². The van der Waals surface area contributed by atoms with Crippen molar-refractivity contribution in [1.82, 2.24) is 15.5 Å². The topological polar surface area (TPSA) is 168 Å². The fourth-order valence-electron chi connectivity index (χ4n) is 7.32. The Morgan fingerprint density at radius 3 is 2.33 bits per heavy atom. The second-order valence-corrected chi connectivity index (χ2v) is 14.2. The summed E-state index contributed by atoms with van der Waals surface area (Å²) in [6, 6.07) is -0.289. The third-order valence-corrected chi connectivity index (χ3v) is 10.0. The lowest BCUT2D eigenvalue weighted by molar-refractivity contribution is -0.315. The average Bonchev–Trinajstić information content (AvgIpc) is 2.96. The van der Waals surface area contributed by atoms with E-state index in [0.717, 1.165) is 0 Å². The van der Waals surface area contributed by atoms with Crippen molar-refractivity contribution < 1.29 is 48.6 Å². The molecule has 13 heteroatoms. The molecule has 2 amide bonds. The van der Waals surface area contributed by atoms with Gasteiger partial charge in [-0.2, -0.15) is 0 Å². The number of likely N-dealkylation sites (N-methyl/N-ethyl adjacent to an activating group) is 1.